The number of rotatable bonds is 4. The first kappa shape index (κ1) is 16.1. The highest BCUT2D eigenvalue weighted by Crippen LogP contribution is 2.29. The smallest absolute Gasteiger partial charge is 0.314 e. The van der Waals surface area contributed by atoms with Crippen LogP contribution in [0.2, 0.25) is 10.0 Å². The molecule has 1 aromatic carbocycles. The number of carbonyl (C=O) groups is 2. The molecule has 0 fully saturated rings. The number of nitrogens with zero attached hydrogens (tertiary/aromatic N) is 2. The first-order chi connectivity index (χ1) is 9.36. The Balaban J connectivity index is 2.83. The highest BCUT2D eigenvalue weighted by Gasteiger charge is 2.19. The average Bonchev–Trinajstić information content (AvgIpc) is 2.39. The fraction of sp³-hybridized carbons (Fsp3) is 0.250. The molecule has 6 nitrogen and oxygen atoms in total. The molecule has 3 N–H and O–H groups in total. The third kappa shape index (κ3) is 4.02. The summed E-state index contributed by atoms with van der Waals surface area (Å²) in [6, 6.07) is 4.98. The van der Waals surface area contributed by atoms with E-state index in [1.807, 2.05) is 6.07 Å². The Hall–Kier alpha value is -1.97. The van der Waals surface area contributed by atoms with Crippen molar-refractivity contribution in [3.8, 4) is 6.07 Å². The van der Waals surface area contributed by atoms with Crippen LogP contribution < -0.4 is 11.1 Å². The third-order valence-corrected chi connectivity index (χ3v) is 3.32. The molecule has 1 rings (SSSR count). The van der Waals surface area contributed by atoms with Crippen LogP contribution in [0.3, 0.4) is 0 Å². The lowest BCUT2D eigenvalue weighted by atomic mass is 10.1. The lowest BCUT2D eigenvalue weighted by Crippen LogP contribution is -2.41. The molecule has 0 spiro atoms. The highest BCUT2D eigenvalue weighted by atomic mass is 35.5. The zero-order chi connectivity index (χ0) is 15.3. The number of nitriles is 1. The van der Waals surface area contributed by atoms with Gasteiger partial charge in [0.1, 0.15) is 12.6 Å². The van der Waals surface area contributed by atoms with Crippen LogP contribution in [0.1, 0.15) is 11.6 Å². The minimum Gasteiger partial charge on any atom is -0.351 e. The number of hydrogen-bond acceptors (Lipinski definition) is 3. The molecule has 0 aliphatic carbocycles. The zero-order valence-corrected chi connectivity index (χ0v) is 12.1. The van der Waals surface area contributed by atoms with E-state index in [4.69, 9.17) is 34.2 Å². The number of urea groups is 1. The number of nitrogens with two attached hydrogens (primary N) is 1. The van der Waals surface area contributed by atoms with E-state index in [-0.39, 0.29) is 16.6 Å². The number of halogens is 2. The maximum Gasteiger partial charge on any atom is 0.314 e. The standard InChI is InChI=1S/C12H12Cl2N4O2/c1-18(12(16)20)6-10(19)17-9(5-15)7-3-2-4-8(13)11(7)14/h2-4,9H,6H2,1H3,(H2,16,20)(H,17,19)/t9-/m0/s1. The molecule has 0 radical (unpaired) electrons. The van der Waals surface area contributed by atoms with Crippen LogP contribution >= 0.6 is 23.2 Å². The largest absolute Gasteiger partial charge is 0.351 e. The monoisotopic (exact) mass is 314 g/mol. The predicted molar refractivity (Wildman–Crippen MR) is 75.2 cm³/mol. The molecular weight excluding hydrogens is 303 g/mol. The van der Waals surface area contributed by atoms with Gasteiger partial charge in [0, 0.05) is 12.6 Å². The van der Waals surface area contributed by atoms with E-state index in [0.29, 0.717) is 5.56 Å². The van der Waals surface area contributed by atoms with Crippen LogP contribution in [0.15, 0.2) is 18.2 Å². The van der Waals surface area contributed by atoms with E-state index in [1.165, 1.54) is 7.05 Å². The van der Waals surface area contributed by atoms with Crippen molar-refractivity contribution in [3.05, 3.63) is 33.8 Å². The third-order valence-electron chi connectivity index (χ3n) is 2.48. The molecule has 0 aliphatic rings. The van der Waals surface area contributed by atoms with Crippen LogP contribution in [0.25, 0.3) is 0 Å². The second-order valence-corrected chi connectivity index (χ2v) is 4.75. The number of primary amides is 1. The summed E-state index contributed by atoms with van der Waals surface area (Å²) in [6.07, 6.45) is 0. The van der Waals surface area contributed by atoms with Gasteiger partial charge in [-0.25, -0.2) is 4.79 Å². The Bertz CT molecular complexity index is 571. The molecule has 0 aromatic heterocycles. The topological polar surface area (TPSA) is 99.2 Å². The minimum atomic E-state index is -0.963. The van der Waals surface area contributed by atoms with Gasteiger partial charge in [-0.3, -0.25) is 4.79 Å². The summed E-state index contributed by atoms with van der Waals surface area (Å²) in [5.41, 5.74) is 5.39. The van der Waals surface area contributed by atoms with Crippen molar-refractivity contribution >= 4 is 35.1 Å². The minimum absolute atomic E-state index is 0.198. The normalized spacial score (nSPS) is 11.3. The van der Waals surface area contributed by atoms with Gasteiger partial charge in [-0.15, -0.1) is 0 Å². The molecule has 3 amide bonds. The predicted octanol–water partition coefficient (Wildman–Crippen LogP) is 1.68. The maximum absolute atomic E-state index is 11.7. The molecule has 0 saturated heterocycles. The van der Waals surface area contributed by atoms with E-state index < -0.39 is 18.0 Å². The second kappa shape index (κ2) is 6.98. The molecule has 0 aliphatic heterocycles. The Kier molecular flexibility index (Phi) is 5.62. The SMILES string of the molecule is CN(CC(=O)N[C@@H](C#N)c1cccc(Cl)c1Cl)C(N)=O. The molecule has 0 saturated carbocycles. The fourth-order valence-corrected chi connectivity index (χ4v) is 1.84. The second-order valence-electron chi connectivity index (χ2n) is 3.97. The number of nitrogens with one attached hydrogen (secondary N) is 1. The van der Waals surface area contributed by atoms with Crippen molar-refractivity contribution in [1.29, 1.82) is 5.26 Å². The summed E-state index contributed by atoms with van der Waals surface area (Å²) in [6.45, 7) is -0.258. The summed E-state index contributed by atoms with van der Waals surface area (Å²) >= 11 is 11.8. The first-order valence-corrected chi connectivity index (χ1v) is 6.26. The number of likely N-dealkylation sites (N-methyl/N-ethyl adjacent to an activating group) is 1. The van der Waals surface area contributed by atoms with E-state index in [1.54, 1.807) is 18.2 Å². The van der Waals surface area contributed by atoms with E-state index in [9.17, 15) is 9.59 Å². The van der Waals surface area contributed by atoms with Crippen LogP contribution in [-0.2, 0) is 4.79 Å². The van der Waals surface area contributed by atoms with Crippen molar-refractivity contribution in [3.63, 3.8) is 0 Å². The molecule has 1 atom stereocenters. The van der Waals surface area contributed by atoms with Crippen LogP contribution in [0.4, 0.5) is 4.79 Å². The summed E-state index contributed by atoms with van der Waals surface area (Å²) in [5.74, 6) is -0.533. The lowest BCUT2D eigenvalue weighted by Gasteiger charge is -2.17. The number of amides is 3. The summed E-state index contributed by atoms with van der Waals surface area (Å²) in [7, 11) is 1.37. The van der Waals surface area contributed by atoms with Crippen molar-refractivity contribution < 1.29 is 9.59 Å². The lowest BCUT2D eigenvalue weighted by molar-refractivity contribution is -0.121. The number of hydrogen-bond donors (Lipinski definition) is 2. The van der Waals surface area contributed by atoms with Crippen LogP contribution in [-0.4, -0.2) is 30.4 Å². The molecule has 0 heterocycles. The van der Waals surface area contributed by atoms with Crippen LogP contribution in [0.5, 0.6) is 0 Å². The molecule has 106 valence electrons. The fourth-order valence-electron chi connectivity index (χ4n) is 1.42. The van der Waals surface area contributed by atoms with E-state index in [2.05, 4.69) is 5.32 Å². The number of carbonyl (C=O) groups excluding carboxylic acids is 2. The van der Waals surface area contributed by atoms with Gasteiger partial charge >= 0.3 is 6.03 Å². The van der Waals surface area contributed by atoms with Gasteiger partial charge in [0.15, 0.2) is 0 Å². The number of benzene rings is 1. The van der Waals surface area contributed by atoms with Gasteiger partial charge in [-0.2, -0.15) is 5.26 Å². The molecular formula is C12H12Cl2N4O2. The van der Waals surface area contributed by atoms with Gasteiger partial charge in [-0.1, -0.05) is 35.3 Å². The summed E-state index contributed by atoms with van der Waals surface area (Å²) in [4.78, 5) is 23.5. The molecule has 8 heteroatoms. The van der Waals surface area contributed by atoms with Gasteiger partial charge in [0.05, 0.1) is 16.1 Å². The Morgan fingerprint density at radius 1 is 1.50 bits per heavy atom. The first-order valence-electron chi connectivity index (χ1n) is 5.50. The van der Waals surface area contributed by atoms with Gasteiger partial charge in [-0.05, 0) is 6.07 Å². The van der Waals surface area contributed by atoms with Gasteiger partial charge in [0.2, 0.25) is 5.91 Å². The highest BCUT2D eigenvalue weighted by molar-refractivity contribution is 6.42. The quantitative estimate of drug-likeness (QED) is 0.884. The van der Waals surface area contributed by atoms with Crippen molar-refractivity contribution in [1.82, 2.24) is 10.2 Å². The molecule has 0 unspecified atom stereocenters. The average molecular weight is 315 g/mol. The van der Waals surface area contributed by atoms with Gasteiger partial charge in [0.25, 0.3) is 0 Å². The van der Waals surface area contributed by atoms with E-state index in [0.717, 1.165) is 4.90 Å². The maximum atomic E-state index is 11.7. The van der Waals surface area contributed by atoms with Gasteiger partial charge < -0.3 is 16.0 Å². The van der Waals surface area contributed by atoms with E-state index >= 15 is 0 Å². The van der Waals surface area contributed by atoms with Crippen LogP contribution in [0, 0.1) is 11.3 Å². The summed E-state index contributed by atoms with van der Waals surface area (Å²) < 4.78 is 0. The molecule has 1 aromatic rings. The summed E-state index contributed by atoms with van der Waals surface area (Å²) in [5, 5.41) is 12.0. The van der Waals surface area contributed by atoms with Crippen molar-refractivity contribution in [2.75, 3.05) is 13.6 Å². The van der Waals surface area contributed by atoms with Crippen molar-refractivity contribution in [2.24, 2.45) is 5.73 Å². The Labute approximate surface area is 126 Å². The van der Waals surface area contributed by atoms with Crippen molar-refractivity contribution in [2.45, 2.75) is 6.04 Å². The Morgan fingerprint density at radius 3 is 2.70 bits per heavy atom. The molecule has 20 heavy (non-hydrogen) atoms. The Morgan fingerprint density at radius 2 is 2.15 bits per heavy atom. The molecule has 0 bridgehead atoms. The zero-order valence-electron chi connectivity index (χ0n) is 10.6.